The number of hydrogen-bond donors (Lipinski definition) is 0. The van der Waals surface area contributed by atoms with Crippen LogP contribution in [0.3, 0.4) is 0 Å². The van der Waals surface area contributed by atoms with Crippen LogP contribution in [0.5, 0.6) is 0 Å². The van der Waals surface area contributed by atoms with E-state index in [0.29, 0.717) is 17.6 Å². The molecule has 0 aromatic heterocycles. The Hall–Kier alpha value is -0.460. The van der Waals surface area contributed by atoms with Gasteiger partial charge in [0.05, 0.1) is 47.1 Å². The van der Waals surface area contributed by atoms with Crippen molar-refractivity contribution < 1.29 is 32.7 Å². The van der Waals surface area contributed by atoms with E-state index in [2.05, 4.69) is 6.92 Å². The second kappa shape index (κ2) is 22.5. The first-order valence-electron chi connectivity index (χ1n) is 14.6. The molecule has 0 bridgehead atoms. The molecule has 0 N–H and O–H groups in total. The number of nitrogens with zero attached hydrogens (tertiary/aromatic N) is 1. The van der Waals surface area contributed by atoms with E-state index in [-0.39, 0.29) is 19.4 Å². The summed E-state index contributed by atoms with van der Waals surface area (Å²) in [6.45, 7) is 4.55. The standard InChI is InChI=1S/C28H58NO6P/c1-6-7-8-9-10-11-12-13-14-15-16-17-18-19-20-21-23-33-25-28(35-27(2)30)26-34-36(31,32)24-22-29(3,4)5/h28H,6-26H2,1-5H3. The third kappa shape index (κ3) is 26.6. The lowest BCUT2D eigenvalue weighted by Crippen LogP contribution is -2.38. The molecule has 0 aliphatic heterocycles. The maximum Gasteiger partial charge on any atom is 0.303 e. The van der Waals surface area contributed by atoms with Crippen molar-refractivity contribution in [3.63, 3.8) is 0 Å². The third-order valence-electron chi connectivity index (χ3n) is 6.28. The maximum atomic E-state index is 12.1. The Bertz CT molecular complexity index is 567. The second-order valence-corrected chi connectivity index (χ2v) is 13.2. The van der Waals surface area contributed by atoms with Crippen LogP contribution in [-0.2, 0) is 23.4 Å². The van der Waals surface area contributed by atoms with E-state index >= 15 is 0 Å². The van der Waals surface area contributed by atoms with E-state index < -0.39 is 19.7 Å². The van der Waals surface area contributed by atoms with E-state index in [1.165, 1.54) is 96.8 Å². The first-order chi connectivity index (χ1) is 17.1. The molecule has 0 fully saturated rings. The van der Waals surface area contributed by atoms with Crippen molar-refractivity contribution in [3.8, 4) is 0 Å². The van der Waals surface area contributed by atoms with Crippen molar-refractivity contribution >= 4 is 13.6 Å². The van der Waals surface area contributed by atoms with Crippen molar-refractivity contribution in [2.75, 3.05) is 53.7 Å². The Labute approximate surface area is 222 Å². The molecule has 2 atom stereocenters. The molecule has 0 aliphatic rings. The zero-order valence-electron chi connectivity index (χ0n) is 24.3. The molecule has 7 nitrogen and oxygen atoms in total. The van der Waals surface area contributed by atoms with Gasteiger partial charge in [0.2, 0.25) is 0 Å². The Morgan fingerprint density at radius 1 is 0.778 bits per heavy atom. The van der Waals surface area contributed by atoms with Crippen molar-refractivity contribution in [3.05, 3.63) is 0 Å². The lowest BCUT2D eigenvalue weighted by Gasteiger charge is -2.30. The summed E-state index contributed by atoms with van der Waals surface area (Å²) in [4.78, 5) is 23.5. The number of esters is 1. The normalized spacial score (nSPS) is 14.5. The van der Waals surface area contributed by atoms with E-state index in [1.54, 1.807) is 0 Å². The summed E-state index contributed by atoms with van der Waals surface area (Å²) in [7, 11) is 1.80. The van der Waals surface area contributed by atoms with E-state index in [4.69, 9.17) is 14.0 Å². The number of carbonyl (C=O) groups excluding carboxylic acids is 1. The van der Waals surface area contributed by atoms with Gasteiger partial charge in [-0.25, -0.2) is 0 Å². The fourth-order valence-corrected chi connectivity index (χ4v) is 5.37. The Balaban J connectivity index is 3.69. The molecule has 0 aromatic rings. The maximum absolute atomic E-state index is 12.1. The lowest BCUT2D eigenvalue weighted by atomic mass is 10.0. The van der Waals surface area contributed by atoms with Crippen molar-refractivity contribution in [2.24, 2.45) is 0 Å². The van der Waals surface area contributed by atoms with Gasteiger partial charge in [0, 0.05) is 13.5 Å². The van der Waals surface area contributed by atoms with Crippen molar-refractivity contribution in [1.82, 2.24) is 0 Å². The van der Waals surface area contributed by atoms with Crippen LogP contribution < -0.4 is 4.89 Å². The van der Waals surface area contributed by atoms with Gasteiger partial charge in [0.1, 0.15) is 13.7 Å². The Morgan fingerprint density at radius 2 is 1.22 bits per heavy atom. The van der Waals surface area contributed by atoms with Crippen molar-refractivity contribution in [1.29, 1.82) is 0 Å². The minimum absolute atomic E-state index is 0.0522. The monoisotopic (exact) mass is 535 g/mol. The zero-order chi connectivity index (χ0) is 27.1. The Morgan fingerprint density at radius 3 is 1.64 bits per heavy atom. The van der Waals surface area contributed by atoms with Crippen LogP contribution in [0.2, 0.25) is 0 Å². The van der Waals surface area contributed by atoms with Crippen LogP contribution in [0.1, 0.15) is 117 Å². The summed E-state index contributed by atoms with van der Waals surface area (Å²) in [6.07, 6.45) is 20.4. The molecule has 0 aromatic carbocycles. The van der Waals surface area contributed by atoms with E-state index in [0.717, 1.165) is 12.8 Å². The van der Waals surface area contributed by atoms with Crippen LogP contribution in [0.4, 0.5) is 0 Å². The molecule has 0 amide bonds. The van der Waals surface area contributed by atoms with Crippen LogP contribution >= 0.6 is 7.60 Å². The summed E-state index contributed by atoms with van der Waals surface area (Å²) in [5.74, 6) is -0.471. The fraction of sp³-hybridized carbons (Fsp3) is 0.964. The molecule has 0 rings (SSSR count). The highest BCUT2D eigenvalue weighted by molar-refractivity contribution is 7.51. The average molecular weight is 536 g/mol. The number of rotatable bonds is 26. The molecule has 0 radical (unpaired) electrons. The number of hydrogen-bond acceptors (Lipinski definition) is 6. The van der Waals surface area contributed by atoms with Gasteiger partial charge in [0.15, 0.2) is 0 Å². The van der Waals surface area contributed by atoms with Gasteiger partial charge in [-0.15, -0.1) is 0 Å². The number of carbonyl (C=O) groups is 1. The van der Waals surface area contributed by atoms with Crippen LogP contribution in [-0.4, -0.2) is 70.2 Å². The summed E-state index contributed by atoms with van der Waals surface area (Å²) in [5, 5.41) is 0. The first-order valence-corrected chi connectivity index (χ1v) is 16.3. The highest BCUT2D eigenvalue weighted by Gasteiger charge is 2.19. The van der Waals surface area contributed by atoms with Gasteiger partial charge >= 0.3 is 5.97 Å². The van der Waals surface area contributed by atoms with Gasteiger partial charge in [-0.05, 0) is 6.42 Å². The highest BCUT2D eigenvalue weighted by Crippen LogP contribution is 2.37. The number of ether oxygens (including phenoxy) is 2. The van der Waals surface area contributed by atoms with Crippen LogP contribution in [0, 0.1) is 0 Å². The molecule has 0 saturated heterocycles. The second-order valence-electron chi connectivity index (χ2n) is 11.3. The average Bonchev–Trinajstić information content (AvgIpc) is 2.79. The molecule has 0 saturated carbocycles. The van der Waals surface area contributed by atoms with Crippen molar-refractivity contribution in [2.45, 2.75) is 123 Å². The smallest absolute Gasteiger partial charge is 0.303 e. The summed E-state index contributed by atoms with van der Waals surface area (Å²) < 4.78 is 28.6. The van der Waals surface area contributed by atoms with Gasteiger partial charge < -0.3 is 27.9 Å². The lowest BCUT2D eigenvalue weighted by molar-refractivity contribution is -0.868. The molecule has 0 aliphatic carbocycles. The predicted molar refractivity (Wildman–Crippen MR) is 147 cm³/mol. The quantitative estimate of drug-likeness (QED) is 0.0546. The van der Waals surface area contributed by atoms with Gasteiger partial charge in [0.25, 0.3) is 0 Å². The fourth-order valence-electron chi connectivity index (χ4n) is 4.00. The summed E-state index contributed by atoms with van der Waals surface area (Å²) in [6, 6.07) is 0. The molecular weight excluding hydrogens is 477 g/mol. The van der Waals surface area contributed by atoms with Crippen LogP contribution in [0.15, 0.2) is 0 Å². The topological polar surface area (TPSA) is 84.9 Å². The minimum Gasteiger partial charge on any atom is -0.778 e. The minimum atomic E-state index is -3.98. The van der Waals surface area contributed by atoms with E-state index in [9.17, 15) is 14.3 Å². The zero-order valence-corrected chi connectivity index (χ0v) is 25.2. The molecule has 36 heavy (non-hydrogen) atoms. The largest absolute Gasteiger partial charge is 0.778 e. The third-order valence-corrected chi connectivity index (χ3v) is 7.57. The number of unbranched alkanes of at least 4 members (excludes halogenated alkanes) is 15. The molecule has 0 spiro atoms. The summed E-state index contributed by atoms with van der Waals surface area (Å²) >= 11 is 0. The highest BCUT2D eigenvalue weighted by atomic mass is 31.2. The van der Waals surface area contributed by atoms with E-state index in [1.807, 2.05) is 21.1 Å². The van der Waals surface area contributed by atoms with Gasteiger partial charge in [-0.3, -0.25) is 4.79 Å². The van der Waals surface area contributed by atoms with Crippen LogP contribution in [0.25, 0.3) is 0 Å². The predicted octanol–water partition coefficient (Wildman–Crippen LogP) is 6.47. The Kier molecular flexibility index (Phi) is 22.2. The summed E-state index contributed by atoms with van der Waals surface area (Å²) in [5.41, 5.74) is 0. The number of quaternary nitrogens is 1. The molecule has 0 heterocycles. The molecule has 2 unspecified atom stereocenters. The first kappa shape index (κ1) is 35.5. The molecule has 216 valence electrons. The SMILES string of the molecule is CCCCCCCCCCCCCCCCCCOCC(COP(=O)([O-])CC[N+](C)(C)C)OC(C)=O. The van der Waals surface area contributed by atoms with Gasteiger partial charge in [-0.2, -0.15) is 0 Å². The molecule has 8 heteroatoms. The van der Waals surface area contributed by atoms with Gasteiger partial charge in [-0.1, -0.05) is 103 Å². The molecular formula is C28H58NO6P.